The number of likely N-dealkylation sites (tertiary alicyclic amines) is 1. The Morgan fingerprint density at radius 2 is 2.37 bits per heavy atom. The fourth-order valence-corrected chi connectivity index (χ4v) is 2.70. The van der Waals surface area contributed by atoms with Gasteiger partial charge >= 0.3 is 0 Å². The summed E-state index contributed by atoms with van der Waals surface area (Å²) in [5, 5.41) is 3.33. The summed E-state index contributed by atoms with van der Waals surface area (Å²) in [6.07, 6.45) is 4.50. The van der Waals surface area contributed by atoms with Crippen molar-refractivity contribution in [2.75, 3.05) is 38.6 Å². The van der Waals surface area contributed by atoms with Crippen LogP contribution < -0.4 is 10.2 Å². The van der Waals surface area contributed by atoms with E-state index in [9.17, 15) is 0 Å². The number of hydrogen-bond donors (Lipinski definition) is 1. The molecule has 0 amide bonds. The monoisotopic (exact) mass is 262 g/mol. The lowest BCUT2D eigenvalue weighted by Crippen LogP contribution is -2.45. The molecular weight excluding hydrogens is 236 g/mol. The molecule has 106 valence electrons. The van der Waals surface area contributed by atoms with Gasteiger partial charge in [0.1, 0.15) is 0 Å². The van der Waals surface area contributed by atoms with E-state index in [1.807, 2.05) is 6.20 Å². The van der Waals surface area contributed by atoms with Crippen LogP contribution in [0.25, 0.3) is 0 Å². The van der Waals surface area contributed by atoms with Crippen LogP contribution in [0, 0.1) is 0 Å². The third kappa shape index (κ3) is 3.91. The van der Waals surface area contributed by atoms with E-state index >= 15 is 0 Å². The topological polar surface area (TPSA) is 31.4 Å². The zero-order valence-electron chi connectivity index (χ0n) is 12.4. The molecule has 1 aliphatic rings. The van der Waals surface area contributed by atoms with E-state index in [4.69, 9.17) is 0 Å². The van der Waals surface area contributed by atoms with Crippen LogP contribution in [0.3, 0.4) is 0 Å². The SMILES string of the molecule is CCNCc1cc(N(C)C2CCCN(C)C2)ccn1. The van der Waals surface area contributed by atoms with Gasteiger partial charge < -0.3 is 15.1 Å². The number of nitrogens with zero attached hydrogens (tertiary/aromatic N) is 3. The van der Waals surface area contributed by atoms with E-state index in [-0.39, 0.29) is 0 Å². The van der Waals surface area contributed by atoms with Gasteiger partial charge in [-0.25, -0.2) is 0 Å². The van der Waals surface area contributed by atoms with Crippen LogP contribution >= 0.6 is 0 Å². The quantitative estimate of drug-likeness (QED) is 0.875. The van der Waals surface area contributed by atoms with Crippen molar-refractivity contribution in [3.63, 3.8) is 0 Å². The highest BCUT2D eigenvalue weighted by molar-refractivity contribution is 5.47. The Kier molecular flexibility index (Phi) is 5.16. The molecule has 1 aromatic rings. The summed E-state index contributed by atoms with van der Waals surface area (Å²) in [7, 11) is 4.42. The molecule has 2 heterocycles. The van der Waals surface area contributed by atoms with Crippen LogP contribution in [0.15, 0.2) is 18.3 Å². The maximum absolute atomic E-state index is 4.42. The van der Waals surface area contributed by atoms with Crippen LogP contribution in [0.4, 0.5) is 5.69 Å². The van der Waals surface area contributed by atoms with E-state index in [1.54, 1.807) is 0 Å². The number of hydrogen-bond acceptors (Lipinski definition) is 4. The third-order valence-corrected chi connectivity index (χ3v) is 3.91. The molecule has 4 heteroatoms. The highest BCUT2D eigenvalue weighted by atomic mass is 15.2. The highest BCUT2D eigenvalue weighted by Gasteiger charge is 2.21. The summed E-state index contributed by atoms with van der Waals surface area (Å²) >= 11 is 0. The average Bonchev–Trinajstić information content (AvgIpc) is 2.44. The number of rotatable bonds is 5. The van der Waals surface area contributed by atoms with E-state index in [1.165, 1.54) is 25.1 Å². The molecule has 1 fully saturated rings. The summed E-state index contributed by atoms with van der Waals surface area (Å²) in [5.41, 5.74) is 2.40. The third-order valence-electron chi connectivity index (χ3n) is 3.91. The molecule has 4 nitrogen and oxygen atoms in total. The molecule has 0 bridgehead atoms. The lowest BCUT2D eigenvalue weighted by atomic mass is 10.0. The van der Waals surface area contributed by atoms with Crippen LogP contribution in [0.5, 0.6) is 0 Å². The lowest BCUT2D eigenvalue weighted by molar-refractivity contribution is 0.248. The van der Waals surface area contributed by atoms with Crippen molar-refractivity contribution in [2.24, 2.45) is 0 Å². The van der Waals surface area contributed by atoms with E-state index in [2.05, 4.69) is 53.3 Å². The molecular formula is C15H26N4. The van der Waals surface area contributed by atoms with Crippen LogP contribution in [0.2, 0.25) is 0 Å². The Balaban J connectivity index is 2.03. The second kappa shape index (κ2) is 6.87. The number of piperidine rings is 1. The lowest BCUT2D eigenvalue weighted by Gasteiger charge is -2.37. The zero-order valence-corrected chi connectivity index (χ0v) is 12.4. The van der Waals surface area contributed by atoms with Crippen molar-refractivity contribution in [2.45, 2.75) is 32.4 Å². The molecule has 1 aromatic heterocycles. The summed E-state index contributed by atoms with van der Waals surface area (Å²) in [4.78, 5) is 9.25. The predicted octanol–water partition coefficient (Wildman–Crippen LogP) is 1.72. The summed E-state index contributed by atoms with van der Waals surface area (Å²) < 4.78 is 0. The normalized spacial score (nSPS) is 20.5. The maximum atomic E-state index is 4.42. The second-order valence-corrected chi connectivity index (χ2v) is 5.45. The first-order valence-electron chi connectivity index (χ1n) is 7.27. The molecule has 0 saturated carbocycles. The van der Waals surface area contributed by atoms with Gasteiger partial charge in [0.05, 0.1) is 5.69 Å². The number of pyridine rings is 1. The molecule has 0 spiro atoms. The second-order valence-electron chi connectivity index (χ2n) is 5.45. The van der Waals surface area contributed by atoms with Gasteiger partial charge in [-0.2, -0.15) is 0 Å². The minimum atomic E-state index is 0.619. The van der Waals surface area contributed by atoms with Gasteiger partial charge in [0.15, 0.2) is 0 Å². The van der Waals surface area contributed by atoms with Crippen LogP contribution in [0.1, 0.15) is 25.5 Å². The van der Waals surface area contributed by atoms with Crippen molar-refractivity contribution in [1.82, 2.24) is 15.2 Å². The number of aromatic nitrogens is 1. The van der Waals surface area contributed by atoms with Gasteiger partial charge in [0.2, 0.25) is 0 Å². The highest BCUT2D eigenvalue weighted by Crippen LogP contribution is 2.21. The standard InChI is InChI=1S/C15H26N4/c1-4-16-11-13-10-14(7-8-17-13)19(3)15-6-5-9-18(2)12-15/h7-8,10,15-16H,4-6,9,11-12H2,1-3H3. The Morgan fingerprint density at radius 3 is 3.11 bits per heavy atom. The van der Waals surface area contributed by atoms with Crippen LogP contribution in [-0.2, 0) is 6.54 Å². The molecule has 1 unspecified atom stereocenters. The molecule has 1 saturated heterocycles. The Hall–Kier alpha value is -1.13. The molecule has 19 heavy (non-hydrogen) atoms. The van der Waals surface area contributed by atoms with Crippen molar-refractivity contribution in [3.05, 3.63) is 24.0 Å². The van der Waals surface area contributed by atoms with Crippen molar-refractivity contribution < 1.29 is 0 Å². The molecule has 2 rings (SSSR count). The summed E-state index contributed by atoms with van der Waals surface area (Å²) in [6, 6.07) is 4.94. The fraction of sp³-hybridized carbons (Fsp3) is 0.667. The molecule has 1 N–H and O–H groups in total. The van der Waals surface area contributed by atoms with Crippen molar-refractivity contribution >= 4 is 5.69 Å². The first-order chi connectivity index (χ1) is 9.20. The van der Waals surface area contributed by atoms with E-state index in [0.717, 1.165) is 25.3 Å². The number of anilines is 1. The van der Waals surface area contributed by atoms with Gasteiger partial charge in [-0.05, 0) is 45.1 Å². The van der Waals surface area contributed by atoms with Gasteiger partial charge in [0, 0.05) is 38.1 Å². The largest absolute Gasteiger partial charge is 0.370 e. The van der Waals surface area contributed by atoms with Gasteiger partial charge in [-0.3, -0.25) is 4.98 Å². The maximum Gasteiger partial charge on any atom is 0.0562 e. The van der Waals surface area contributed by atoms with Crippen LogP contribution in [-0.4, -0.2) is 49.7 Å². The first-order valence-corrected chi connectivity index (χ1v) is 7.27. The van der Waals surface area contributed by atoms with Crippen molar-refractivity contribution in [3.8, 4) is 0 Å². The number of nitrogens with one attached hydrogen (secondary N) is 1. The Labute approximate surface area is 116 Å². The molecule has 0 radical (unpaired) electrons. The fourth-order valence-electron chi connectivity index (χ4n) is 2.70. The first kappa shape index (κ1) is 14.3. The molecule has 0 aromatic carbocycles. The minimum Gasteiger partial charge on any atom is -0.370 e. The minimum absolute atomic E-state index is 0.619. The summed E-state index contributed by atoms with van der Waals surface area (Å²) in [5.74, 6) is 0. The van der Waals surface area contributed by atoms with E-state index < -0.39 is 0 Å². The zero-order chi connectivity index (χ0) is 13.7. The Bertz CT molecular complexity index is 393. The summed E-state index contributed by atoms with van der Waals surface area (Å²) in [6.45, 7) is 6.33. The smallest absolute Gasteiger partial charge is 0.0562 e. The molecule has 1 atom stereocenters. The molecule has 0 aliphatic carbocycles. The van der Waals surface area contributed by atoms with Crippen molar-refractivity contribution in [1.29, 1.82) is 0 Å². The average molecular weight is 262 g/mol. The number of likely N-dealkylation sites (N-methyl/N-ethyl adjacent to an activating group) is 2. The van der Waals surface area contributed by atoms with Gasteiger partial charge in [0.25, 0.3) is 0 Å². The predicted molar refractivity (Wildman–Crippen MR) is 80.5 cm³/mol. The molecule has 1 aliphatic heterocycles. The van der Waals surface area contributed by atoms with E-state index in [0.29, 0.717) is 6.04 Å². The van der Waals surface area contributed by atoms with Gasteiger partial charge in [-0.1, -0.05) is 6.92 Å². The Morgan fingerprint density at radius 1 is 1.53 bits per heavy atom. The van der Waals surface area contributed by atoms with Gasteiger partial charge in [-0.15, -0.1) is 0 Å².